The molecular weight excluding hydrogens is 369 g/mol. The molecule has 0 heterocycles. The standard InChI is InChI=1S/C12H7F2IN2O2/c13-9-7-8(15)5-6-10(9)16(14)11-3-1-2-4-12(11)17(18)19/h1-7H. The number of nitrogens with zero attached hydrogens (tertiary/aromatic N) is 2. The Morgan fingerprint density at radius 1 is 1.16 bits per heavy atom. The van der Waals surface area contributed by atoms with Gasteiger partial charge in [0.1, 0.15) is 5.69 Å². The minimum atomic E-state index is -0.785. The van der Waals surface area contributed by atoms with Gasteiger partial charge in [-0.2, -0.15) is 5.12 Å². The van der Waals surface area contributed by atoms with Gasteiger partial charge in [0.15, 0.2) is 11.5 Å². The zero-order valence-corrected chi connectivity index (χ0v) is 11.5. The quantitative estimate of drug-likeness (QED) is 0.346. The number of benzene rings is 2. The van der Waals surface area contributed by atoms with Gasteiger partial charge in [-0.15, -0.1) is 0 Å². The lowest BCUT2D eigenvalue weighted by Crippen LogP contribution is -2.08. The first kappa shape index (κ1) is 13.7. The largest absolute Gasteiger partial charge is 0.295 e. The highest BCUT2D eigenvalue weighted by Gasteiger charge is 2.22. The minimum absolute atomic E-state index is 0.0243. The molecule has 0 aliphatic carbocycles. The molecule has 2 aromatic carbocycles. The first-order valence-electron chi connectivity index (χ1n) is 5.15. The van der Waals surface area contributed by atoms with Gasteiger partial charge in [0.2, 0.25) is 0 Å². The fourth-order valence-corrected chi connectivity index (χ4v) is 2.01. The van der Waals surface area contributed by atoms with Crippen LogP contribution in [-0.2, 0) is 0 Å². The molecule has 7 heteroatoms. The lowest BCUT2D eigenvalue weighted by atomic mass is 10.2. The summed E-state index contributed by atoms with van der Waals surface area (Å²) in [5.74, 6) is -0.785. The van der Waals surface area contributed by atoms with Crippen molar-refractivity contribution in [1.82, 2.24) is 0 Å². The predicted octanol–water partition coefficient (Wildman–Crippen LogP) is 4.36. The Hall–Kier alpha value is -1.77. The average molecular weight is 376 g/mol. The molecule has 19 heavy (non-hydrogen) atoms. The molecular formula is C12H7F2IN2O2. The Bertz CT molecular complexity index is 637. The van der Waals surface area contributed by atoms with Crippen LogP contribution in [0.5, 0.6) is 0 Å². The van der Waals surface area contributed by atoms with E-state index < -0.39 is 16.4 Å². The number of hydrogen-bond acceptors (Lipinski definition) is 3. The Morgan fingerprint density at radius 2 is 1.84 bits per heavy atom. The maximum Gasteiger partial charge on any atom is 0.295 e. The molecule has 0 saturated heterocycles. The second-order valence-corrected chi connectivity index (χ2v) is 4.87. The van der Waals surface area contributed by atoms with Crippen LogP contribution in [-0.4, -0.2) is 4.92 Å². The van der Waals surface area contributed by atoms with Crippen LogP contribution in [0.1, 0.15) is 0 Å². The van der Waals surface area contributed by atoms with Gasteiger partial charge in [0.05, 0.1) is 4.92 Å². The summed E-state index contributed by atoms with van der Waals surface area (Å²) in [7, 11) is 0. The summed E-state index contributed by atoms with van der Waals surface area (Å²) in [6, 6.07) is 9.13. The summed E-state index contributed by atoms with van der Waals surface area (Å²) < 4.78 is 28.4. The zero-order chi connectivity index (χ0) is 14.0. The van der Waals surface area contributed by atoms with Gasteiger partial charge in [-0.05, 0) is 46.9 Å². The topological polar surface area (TPSA) is 46.4 Å². The minimum Gasteiger partial charge on any atom is -0.258 e. The number of anilines is 2. The second-order valence-electron chi connectivity index (χ2n) is 3.62. The van der Waals surface area contributed by atoms with Crippen molar-refractivity contribution in [3.05, 3.63) is 62.0 Å². The second kappa shape index (κ2) is 5.47. The highest BCUT2D eigenvalue weighted by molar-refractivity contribution is 14.1. The van der Waals surface area contributed by atoms with Crippen molar-refractivity contribution >= 4 is 39.7 Å². The van der Waals surface area contributed by atoms with Crippen molar-refractivity contribution in [3.8, 4) is 0 Å². The van der Waals surface area contributed by atoms with Gasteiger partial charge >= 0.3 is 0 Å². The van der Waals surface area contributed by atoms with Crippen molar-refractivity contribution < 1.29 is 13.8 Å². The van der Waals surface area contributed by atoms with Gasteiger partial charge in [0, 0.05) is 9.64 Å². The normalized spacial score (nSPS) is 10.3. The molecule has 0 fully saturated rings. The fraction of sp³-hybridized carbons (Fsp3) is 0. The van der Waals surface area contributed by atoms with Crippen molar-refractivity contribution in [1.29, 1.82) is 0 Å². The van der Waals surface area contributed by atoms with Gasteiger partial charge in [-0.1, -0.05) is 16.6 Å². The summed E-state index contributed by atoms with van der Waals surface area (Å²) in [5, 5.41) is 10.8. The van der Waals surface area contributed by atoms with Crippen molar-refractivity contribution in [2.45, 2.75) is 0 Å². The van der Waals surface area contributed by atoms with E-state index in [9.17, 15) is 19.0 Å². The number of para-hydroxylation sites is 2. The number of halogens is 3. The van der Waals surface area contributed by atoms with E-state index in [-0.39, 0.29) is 16.5 Å². The highest BCUT2D eigenvalue weighted by atomic mass is 127. The molecule has 0 amide bonds. The van der Waals surface area contributed by atoms with Crippen molar-refractivity contribution in [3.63, 3.8) is 0 Å². The lowest BCUT2D eigenvalue weighted by molar-refractivity contribution is -0.384. The number of rotatable bonds is 3. The molecule has 0 aromatic heterocycles. The first-order valence-corrected chi connectivity index (χ1v) is 6.23. The van der Waals surface area contributed by atoms with E-state index in [1.807, 2.05) is 22.6 Å². The Balaban J connectivity index is 2.50. The van der Waals surface area contributed by atoms with Crippen LogP contribution >= 0.6 is 22.6 Å². The molecule has 0 N–H and O–H groups in total. The third-order valence-corrected chi connectivity index (χ3v) is 3.08. The van der Waals surface area contributed by atoms with Gasteiger partial charge in [-0.25, -0.2) is 4.39 Å². The molecule has 4 nitrogen and oxygen atoms in total. The average Bonchev–Trinajstić information content (AvgIpc) is 2.38. The van der Waals surface area contributed by atoms with Crippen LogP contribution in [0, 0.1) is 19.5 Å². The molecule has 2 rings (SSSR count). The Morgan fingerprint density at radius 3 is 2.47 bits per heavy atom. The van der Waals surface area contributed by atoms with Crippen LogP contribution in [0.15, 0.2) is 42.5 Å². The van der Waals surface area contributed by atoms with Crippen molar-refractivity contribution in [2.75, 3.05) is 5.12 Å². The maximum atomic E-state index is 14.2. The zero-order valence-electron chi connectivity index (χ0n) is 9.39. The van der Waals surface area contributed by atoms with Crippen LogP contribution in [0.25, 0.3) is 0 Å². The molecule has 0 aliphatic rings. The van der Waals surface area contributed by atoms with Gasteiger partial charge in [-0.3, -0.25) is 10.1 Å². The van der Waals surface area contributed by atoms with E-state index in [0.29, 0.717) is 3.57 Å². The van der Waals surface area contributed by atoms with E-state index >= 15 is 0 Å². The summed E-state index contributed by atoms with van der Waals surface area (Å²) in [5.41, 5.74) is -1.11. The lowest BCUT2D eigenvalue weighted by Gasteiger charge is -2.14. The van der Waals surface area contributed by atoms with E-state index in [1.165, 1.54) is 30.3 Å². The Labute approximate surface area is 120 Å². The Kier molecular flexibility index (Phi) is 3.93. The van der Waals surface area contributed by atoms with E-state index in [4.69, 9.17) is 0 Å². The van der Waals surface area contributed by atoms with Crippen LogP contribution < -0.4 is 5.12 Å². The third-order valence-electron chi connectivity index (χ3n) is 2.41. The molecule has 98 valence electrons. The van der Waals surface area contributed by atoms with Crippen molar-refractivity contribution in [2.24, 2.45) is 0 Å². The van der Waals surface area contributed by atoms with Crippen LogP contribution in [0.3, 0.4) is 0 Å². The van der Waals surface area contributed by atoms with Crippen LogP contribution in [0.4, 0.5) is 25.9 Å². The molecule has 0 saturated carbocycles. The van der Waals surface area contributed by atoms with Gasteiger partial charge < -0.3 is 0 Å². The maximum absolute atomic E-state index is 14.2. The number of nitro benzene ring substituents is 1. The molecule has 0 atom stereocenters. The smallest absolute Gasteiger partial charge is 0.258 e. The van der Waals surface area contributed by atoms with Gasteiger partial charge in [0.25, 0.3) is 5.69 Å². The number of hydrogen-bond donors (Lipinski definition) is 0. The highest BCUT2D eigenvalue weighted by Crippen LogP contribution is 2.35. The molecule has 0 unspecified atom stereocenters. The summed E-state index contributed by atoms with van der Waals surface area (Å²) >= 11 is 1.89. The molecule has 0 spiro atoms. The number of nitro groups is 1. The molecule has 0 aliphatic heterocycles. The summed E-state index contributed by atoms with van der Waals surface area (Å²) in [6.45, 7) is 0. The van der Waals surface area contributed by atoms with E-state index in [1.54, 1.807) is 0 Å². The molecule has 0 radical (unpaired) electrons. The van der Waals surface area contributed by atoms with E-state index in [0.717, 1.165) is 12.1 Å². The SMILES string of the molecule is O=[N+]([O-])c1ccccc1N(F)c1ccc(I)cc1F. The summed E-state index contributed by atoms with van der Waals surface area (Å²) in [6.07, 6.45) is 0. The van der Waals surface area contributed by atoms with Crippen LogP contribution in [0.2, 0.25) is 0 Å². The third kappa shape index (κ3) is 2.80. The van der Waals surface area contributed by atoms with E-state index in [2.05, 4.69) is 0 Å². The monoisotopic (exact) mass is 376 g/mol. The predicted molar refractivity (Wildman–Crippen MR) is 75.5 cm³/mol. The molecule has 0 bridgehead atoms. The first-order chi connectivity index (χ1) is 9.00. The summed E-state index contributed by atoms with van der Waals surface area (Å²) in [4.78, 5) is 10.1. The fourth-order valence-electron chi connectivity index (χ4n) is 1.55. The molecule has 2 aromatic rings.